The molecule has 0 aliphatic rings. The summed E-state index contributed by atoms with van der Waals surface area (Å²) in [5.41, 5.74) is 0. The average molecular weight is 619 g/mol. The van der Waals surface area contributed by atoms with Gasteiger partial charge in [-0.15, -0.1) is 0 Å². The van der Waals surface area contributed by atoms with Gasteiger partial charge < -0.3 is 9.80 Å². The number of hydrogen-bond donors (Lipinski definition) is 0. The lowest BCUT2D eigenvalue weighted by atomic mass is 9.89. The molecule has 0 bridgehead atoms. The van der Waals surface area contributed by atoms with E-state index in [0.29, 0.717) is 9.80 Å². The van der Waals surface area contributed by atoms with E-state index in [0.717, 1.165) is 21.1 Å². The number of hydrogen-bond acceptors (Lipinski definition) is 1. The second-order valence-corrected chi connectivity index (χ2v) is 12.0. The Kier molecular flexibility index (Phi) is 10.2. The lowest BCUT2D eigenvalue weighted by Gasteiger charge is -2.42. The predicted octanol–water partition coefficient (Wildman–Crippen LogP) is 6.61. The Hall–Kier alpha value is -1.70. The van der Waals surface area contributed by atoms with Crippen molar-refractivity contribution < 1.29 is 74.6 Å². The highest BCUT2D eigenvalue weighted by Gasteiger charge is 2.93. The van der Waals surface area contributed by atoms with Crippen molar-refractivity contribution in [3.63, 3.8) is 0 Å². The molecular formula is C17H22F17N3Si. The Morgan fingerprint density at radius 2 is 0.947 bits per heavy atom. The van der Waals surface area contributed by atoms with E-state index in [1.54, 1.807) is 13.1 Å². The van der Waals surface area contributed by atoms with Gasteiger partial charge in [-0.2, -0.15) is 79.6 Å². The van der Waals surface area contributed by atoms with Gasteiger partial charge >= 0.3 is 47.8 Å². The molecule has 0 unspecified atom stereocenters. The zero-order valence-corrected chi connectivity index (χ0v) is 21.1. The van der Waals surface area contributed by atoms with E-state index in [1.165, 1.54) is 0 Å². The molecule has 0 rings (SSSR count). The Labute approximate surface area is 206 Å². The van der Waals surface area contributed by atoms with Crippen LogP contribution in [0, 0.1) is 0 Å². The minimum atomic E-state index is -8.39. The van der Waals surface area contributed by atoms with E-state index in [1.807, 2.05) is 4.99 Å². The first kappa shape index (κ1) is 36.3. The molecule has 0 saturated heterocycles. The van der Waals surface area contributed by atoms with Crippen LogP contribution in [0.25, 0.3) is 0 Å². The van der Waals surface area contributed by atoms with Crippen LogP contribution in [0.1, 0.15) is 12.8 Å². The van der Waals surface area contributed by atoms with Gasteiger partial charge in [-0.1, -0.05) is 13.1 Å². The van der Waals surface area contributed by atoms with Crippen LogP contribution in [-0.4, -0.2) is 99.6 Å². The Balaban J connectivity index is 6.78. The summed E-state index contributed by atoms with van der Waals surface area (Å²) in [5.74, 6) is -48.6. The molecular weight excluding hydrogens is 597 g/mol. The van der Waals surface area contributed by atoms with Gasteiger partial charge in [0.15, 0.2) is 0 Å². The summed E-state index contributed by atoms with van der Waals surface area (Å²) < 4.78 is 230. The van der Waals surface area contributed by atoms with Gasteiger partial charge in [0.25, 0.3) is 0 Å². The highest BCUT2D eigenvalue weighted by molar-refractivity contribution is 6.56. The Bertz CT molecular complexity index is 836. The molecule has 21 heteroatoms. The summed E-state index contributed by atoms with van der Waals surface area (Å²) in [6.07, 6.45) is -12.3. The molecule has 0 aromatic carbocycles. The minimum Gasteiger partial charge on any atom is -0.349 e. The summed E-state index contributed by atoms with van der Waals surface area (Å²) in [6, 6.07) is -6.74. The average Bonchev–Trinajstić information content (AvgIpc) is 2.68. The number of alkyl halides is 17. The molecule has 38 heavy (non-hydrogen) atoms. The molecule has 0 amide bonds. The molecule has 0 heterocycles. The van der Waals surface area contributed by atoms with Crippen LogP contribution in [0.4, 0.5) is 74.6 Å². The molecule has 0 aliphatic carbocycles. The summed E-state index contributed by atoms with van der Waals surface area (Å²) in [7, 11) is 0.829. The van der Waals surface area contributed by atoms with Crippen LogP contribution < -0.4 is 0 Å². The molecule has 0 spiro atoms. The van der Waals surface area contributed by atoms with Crippen molar-refractivity contribution in [1.29, 1.82) is 0 Å². The van der Waals surface area contributed by atoms with E-state index < -0.39 is 75.4 Å². The van der Waals surface area contributed by atoms with E-state index in [2.05, 4.69) is 0 Å². The van der Waals surface area contributed by atoms with Crippen LogP contribution >= 0.6 is 0 Å². The van der Waals surface area contributed by atoms with Gasteiger partial charge in [0.2, 0.25) is 5.96 Å². The lowest BCUT2D eigenvalue weighted by molar-refractivity contribution is -0.441. The van der Waals surface area contributed by atoms with Gasteiger partial charge in [-0.25, -0.2) is 0 Å². The van der Waals surface area contributed by atoms with Gasteiger partial charge in [0.1, 0.15) is 0 Å². The van der Waals surface area contributed by atoms with E-state index in [-0.39, 0.29) is 6.17 Å². The van der Waals surface area contributed by atoms with E-state index >= 15 is 0 Å². The minimum absolute atomic E-state index is 0.164. The number of halogens is 17. The number of rotatable bonds is 11. The summed E-state index contributed by atoms with van der Waals surface area (Å²) in [6.45, 7) is 3.16. The fraction of sp³-hybridized carbons (Fsp3) is 0.941. The zero-order valence-electron chi connectivity index (χ0n) is 20.0. The number of aliphatic imine (C=N–C) groups is 1. The van der Waals surface area contributed by atoms with Crippen LogP contribution in [0.15, 0.2) is 4.99 Å². The van der Waals surface area contributed by atoms with Crippen molar-refractivity contribution in [2.45, 2.75) is 73.7 Å². The summed E-state index contributed by atoms with van der Waals surface area (Å²) in [5, 5.41) is 0. The van der Waals surface area contributed by atoms with Gasteiger partial charge in [-0.3, -0.25) is 0 Å². The van der Waals surface area contributed by atoms with Crippen LogP contribution in [0.3, 0.4) is 0 Å². The first-order chi connectivity index (χ1) is 16.3. The molecule has 3 nitrogen and oxygen atoms in total. The maximum Gasteiger partial charge on any atom is 0.414 e. The monoisotopic (exact) mass is 619 g/mol. The van der Waals surface area contributed by atoms with E-state index in [4.69, 9.17) is 0 Å². The van der Waals surface area contributed by atoms with Crippen molar-refractivity contribution in [2.75, 3.05) is 27.3 Å². The quantitative estimate of drug-likeness (QED) is 0.0853. The van der Waals surface area contributed by atoms with E-state index in [9.17, 15) is 74.6 Å². The van der Waals surface area contributed by atoms with Crippen molar-refractivity contribution in [1.82, 2.24) is 9.80 Å². The SMILES string of the molecule is CN(C)C(=NC(F)(F)C(F)(F)C(F)(F)C(F)(F)C(F)(F)C(F)(F)C(F)(F)CCC(F)(F)F)N(C)C[SiH](C)C. The number of guanidine groups is 1. The molecule has 0 N–H and O–H groups in total. The first-order valence-corrected chi connectivity index (χ1v) is 13.2. The molecule has 228 valence electrons. The largest absolute Gasteiger partial charge is 0.414 e. The van der Waals surface area contributed by atoms with Crippen molar-refractivity contribution in [2.24, 2.45) is 4.99 Å². The van der Waals surface area contributed by atoms with Gasteiger partial charge in [0.05, 0.1) is 8.80 Å². The highest BCUT2D eigenvalue weighted by atomic mass is 28.3. The fourth-order valence-corrected chi connectivity index (χ4v) is 4.08. The second-order valence-electron chi connectivity index (χ2n) is 8.81. The predicted molar refractivity (Wildman–Crippen MR) is 103 cm³/mol. The molecule has 0 aliphatic heterocycles. The Morgan fingerprint density at radius 3 is 1.29 bits per heavy atom. The molecule has 0 radical (unpaired) electrons. The first-order valence-electron chi connectivity index (χ1n) is 10.0. The zero-order chi connectivity index (χ0) is 31.1. The number of nitrogens with zero attached hydrogens (tertiary/aromatic N) is 3. The molecule has 0 aromatic rings. The topological polar surface area (TPSA) is 18.8 Å². The van der Waals surface area contributed by atoms with Crippen LogP contribution in [0.5, 0.6) is 0 Å². The van der Waals surface area contributed by atoms with Crippen LogP contribution in [0.2, 0.25) is 13.1 Å². The summed E-state index contributed by atoms with van der Waals surface area (Å²) >= 11 is 0. The van der Waals surface area contributed by atoms with Gasteiger partial charge in [0, 0.05) is 40.2 Å². The molecule has 0 aromatic heterocycles. The maximum atomic E-state index is 14.2. The smallest absolute Gasteiger partial charge is 0.349 e. The van der Waals surface area contributed by atoms with Crippen LogP contribution in [-0.2, 0) is 0 Å². The standard InChI is InChI=1S/C17H22F17N3Si/c1-36(2)9(37(3)8-38(4)5)35-17(33,34)16(31,32)15(29,30)14(27,28)13(25,26)12(23,24)10(18,19)6-7-11(20,21)22/h38H,6-8H2,1-5H3. The third-order valence-electron chi connectivity index (χ3n) is 4.76. The lowest BCUT2D eigenvalue weighted by Crippen LogP contribution is -2.73. The molecule has 0 fully saturated rings. The van der Waals surface area contributed by atoms with Crippen molar-refractivity contribution in [3.05, 3.63) is 0 Å². The second kappa shape index (κ2) is 10.7. The van der Waals surface area contributed by atoms with Crippen molar-refractivity contribution in [3.8, 4) is 0 Å². The summed E-state index contributed by atoms with van der Waals surface area (Å²) in [4.78, 5) is 3.13. The fourth-order valence-electron chi connectivity index (χ4n) is 2.82. The third-order valence-corrected chi connectivity index (χ3v) is 6.04. The third kappa shape index (κ3) is 6.53. The Morgan fingerprint density at radius 1 is 0.579 bits per heavy atom. The highest BCUT2D eigenvalue weighted by Crippen LogP contribution is 2.63. The normalized spacial score (nSPS) is 15.8. The molecule has 0 atom stereocenters. The van der Waals surface area contributed by atoms with Gasteiger partial charge in [-0.05, 0) is 0 Å². The van der Waals surface area contributed by atoms with Crippen molar-refractivity contribution >= 4 is 14.8 Å². The molecule has 0 saturated carbocycles. The maximum absolute atomic E-state index is 14.2.